The molecule has 9 heavy (non-hydrogen) atoms. The molecule has 0 bridgehead atoms. The molecule has 0 aliphatic rings. The summed E-state index contributed by atoms with van der Waals surface area (Å²) in [5.74, 6) is -1.19. The molecule has 0 heterocycles. The fourth-order valence-electron chi connectivity index (χ4n) is 0.292. The maximum atomic E-state index is 10.1. The Labute approximate surface area is 53.7 Å². The van der Waals surface area contributed by atoms with Crippen LogP contribution < -0.4 is 5.11 Å². The largest absolute Gasteiger partial charge is 0.550 e. The molecule has 0 aliphatic carbocycles. The van der Waals surface area contributed by atoms with Crippen LogP contribution in [0.5, 0.6) is 0 Å². The number of carbonyl (C=O) groups excluding carboxylic acids is 2. The average Bonchev–Trinajstić information content (AvgIpc) is 1.65. The first-order chi connectivity index (χ1) is 4.00. The van der Waals surface area contributed by atoms with Crippen molar-refractivity contribution in [2.24, 2.45) is 5.41 Å². The quantitative estimate of drug-likeness (QED) is 0.476. The highest BCUT2D eigenvalue weighted by Crippen LogP contribution is 2.16. The molecule has 0 N–H and O–H groups in total. The van der Waals surface area contributed by atoms with Gasteiger partial charge in [-0.3, -0.25) is 0 Å². The molecule has 0 amide bonds. The van der Waals surface area contributed by atoms with Gasteiger partial charge in [-0.25, -0.2) is 0 Å². The van der Waals surface area contributed by atoms with Crippen LogP contribution in [-0.2, 0) is 9.59 Å². The SMILES string of the molecule is CC(C)(CC=O)C(=O)[O-]. The molecule has 0 aromatic heterocycles. The van der Waals surface area contributed by atoms with Crippen LogP contribution >= 0.6 is 0 Å². The molecule has 0 saturated heterocycles. The summed E-state index contributed by atoms with van der Waals surface area (Å²) < 4.78 is 0. The van der Waals surface area contributed by atoms with E-state index in [4.69, 9.17) is 0 Å². The van der Waals surface area contributed by atoms with E-state index in [0.717, 1.165) is 0 Å². The predicted molar refractivity (Wildman–Crippen MR) is 29.5 cm³/mol. The van der Waals surface area contributed by atoms with E-state index in [1.807, 2.05) is 0 Å². The van der Waals surface area contributed by atoms with E-state index < -0.39 is 11.4 Å². The van der Waals surface area contributed by atoms with Crippen LogP contribution in [0.2, 0.25) is 0 Å². The van der Waals surface area contributed by atoms with Crippen molar-refractivity contribution < 1.29 is 14.7 Å². The highest BCUT2D eigenvalue weighted by Gasteiger charge is 2.17. The smallest absolute Gasteiger partial charge is 0.120 e. The molecule has 0 unspecified atom stereocenters. The number of rotatable bonds is 3. The maximum Gasteiger partial charge on any atom is 0.120 e. The molecule has 0 rings (SSSR count). The average molecular weight is 129 g/mol. The van der Waals surface area contributed by atoms with Crippen molar-refractivity contribution in [1.29, 1.82) is 0 Å². The second-order valence-electron chi connectivity index (χ2n) is 2.54. The third-order valence-corrected chi connectivity index (χ3v) is 1.15. The fourth-order valence-corrected chi connectivity index (χ4v) is 0.292. The maximum absolute atomic E-state index is 10.1. The Morgan fingerprint density at radius 1 is 1.67 bits per heavy atom. The van der Waals surface area contributed by atoms with E-state index in [1.54, 1.807) is 0 Å². The van der Waals surface area contributed by atoms with Crippen LogP contribution in [0.15, 0.2) is 0 Å². The van der Waals surface area contributed by atoms with E-state index in [9.17, 15) is 14.7 Å². The van der Waals surface area contributed by atoms with Crippen LogP contribution in [0.3, 0.4) is 0 Å². The van der Waals surface area contributed by atoms with Crippen LogP contribution in [-0.4, -0.2) is 12.3 Å². The van der Waals surface area contributed by atoms with Crippen molar-refractivity contribution in [3.63, 3.8) is 0 Å². The number of aliphatic carboxylic acids is 1. The van der Waals surface area contributed by atoms with E-state index in [2.05, 4.69) is 0 Å². The Bertz CT molecular complexity index is 126. The number of carboxylic acids is 1. The third kappa shape index (κ3) is 2.26. The van der Waals surface area contributed by atoms with E-state index in [0.29, 0.717) is 6.29 Å². The lowest BCUT2D eigenvalue weighted by atomic mass is 9.91. The van der Waals surface area contributed by atoms with Gasteiger partial charge in [0.2, 0.25) is 0 Å². The fraction of sp³-hybridized carbons (Fsp3) is 0.667. The normalized spacial score (nSPS) is 10.9. The molecule has 0 spiro atoms. The van der Waals surface area contributed by atoms with Crippen LogP contribution in [0, 0.1) is 5.41 Å². The van der Waals surface area contributed by atoms with Gasteiger partial charge in [-0.15, -0.1) is 0 Å². The van der Waals surface area contributed by atoms with Crippen molar-refractivity contribution in [3.8, 4) is 0 Å². The minimum atomic E-state index is -1.19. The highest BCUT2D eigenvalue weighted by atomic mass is 16.4. The van der Waals surface area contributed by atoms with E-state index in [1.165, 1.54) is 13.8 Å². The Morgan fingerprint density at radius 3 is 2.22 bits per heavy atom. The molecule has 3 heteroatoms. The first-order valence-corrected chi connectivity index (χ1v) is 2.66. The number of aldehydes is 1. The van der Waals surface area contributed by atoms with Gasteiger partial charge in [0.05, 0.1) is 0 Å². The zero-order valence-electron chi connectivity index (χ0n) is 5.51. The first-order valence-electron chi connectivity index (χ1n) is 2.66. The molecule has 0 aliphatic heterocycles. The Hall–Kier alpha value is -0.860. The summed E-state index contributed by atoms with van der Waals surface area (Å²) in [6, 6.07) is 0. The van der Waals surface area contributed by atoms with Crippen LogP contribution in [0.25, 0.3) is 0 Å². The van der Waals surface area contributed by atoms with Gasteiger partial charge in [0, 0.05) is 17.8 Å². The van der Waals surface area contributed by atoms with Crippen molar-refractivity contribution in [2.45, 2.75) is 20.3 Å². The Balaban J connectivity index is 4.00. The second kappa shape index (κ2) is 2.62. The topological polar surface area (TPSA) is 57.2 Å². The number of carboxylic acid groups (broad SMARTS) is 1. The summed E-state index contributed by atoms with van der Waals surface area (Å²) in [5.41, 5.74) is -1.01. The minimum absolute atomic E-state index is 0.00926. The third-order valence-electron chi connectivity index (χ3n) is 1.15. The highest BCUT2D eigenvalue weighted by molar-refractivity contribution is 5.75. The van der Waals surface area contributed by atoms with Crippen molar-refractivity contribution in [2.75, 3.05) is 0 Å². The molecule has 0 aromatic rings. The van der Waals surface area contributed by atoms with Crippen molar-refractivity contribution >= 4 is 12.3 Å². The van der Waals surface area contributed by atoms with E-state index in [-0.39, 0.29) is 6.42 Å². The number of hydrogen-bond acceptors (Lipinski definition) is 3. The van der Waals surface area contributed by atoms with Crippen LogP contribution in [0.4, 0.5) is 0 Å². The Kier molecular flexibility index (Phi) is 2.37. The summed E-state index contributed by atoms with van der Waals surface area (Å²) in [7, 11) is 0. The summed E-state index contributed by atoms with van der Waals surface area (Å²) in [4.78, 5) is 20.0. The molecule has 0 saturated carbocycles. The summed E-state index contributed by atoms with van der Waals surface area (Å²) in [6.45, 7) is 2.91. The Morgan fingerprint density at radius 2 is 2.11 bits per heavy atom. The lowest BCUT2D eigenvalue weighted by molar-refractivity contribution is -0.317. The number of carbonyl (C=O) groups is 2. The summed E-state index contributed by atoms with van der Waals surface area (Å²) in [5, 5.41) is 10.1. The standard InChI is InChI=1S/C6H10O3/c1-6(2,3-4-7)5(8)9/h4H,3H2,1-2H3,(H,8,9)/p-1. The lowest BCUT2D eigenvalue weighted by Crippen LogP contribution is -2.38. The minimum Gasteiger partial charge on any atom is -0.550 e. The van der Waals surface area contributed by atoms with Gasteiger partial charge in [-0.1, -0.05) is 13.8 Å². The monoisotopic (exact) mass is 129 g/mol. The molecule has 52 valence electrons. The first kappa shape index (κ1) is 8.14. The molecule has 0 fully saturated rings. The van der Waals surface area contributed by atoms with Gasteiger partial charge >= 0.3 is 0 Å². The van der Waals surface area contributed by atoms with E-state index >= 15 is 0 Å². The molecule has 0 aromatic carbocycles. The second-order valence-corrected chi connectivity index (χ2v) is 2.54. The van der Waals surface area contributed by atoms with Gasteiger partial charge in [0.25, 0.3) is 0 Å². The zero-order chi connectivity index (χ0) is 7.49. The molecular weight excluding hydrogens is 120 g/mol. The molecular formula is C6H9O3-. The molecule has 0 radical (unpaired) electrons. The van der Waals surface area contributed by atoms with Gasteiger partial charge in [0.15, 0.2) is 0 Å². The molecule has 3 nitrogen and oxygen atoms in total. The van der Waals surface area contributed by atoms with Gasteiger partial charge in [0.1, 0.15) is 6.29 Å². The molecule has 0 atom stereocenters. The number of hydrogen-bond donors (Lipinski definition) is 0. The predicted octanol–water partition coefficient (Wildman–Crippen LogP) is -0.649. The summed E-state index contributed by atoms with van der Waals surface area (Å²) in [6.07, 6.45) is 0.588. The van der Waals surface area contributed by atoms with Gasteiger partial charge in [-0.05, 0) is 0 Å². The lowest BCUT2D eigenvalue weighted by Gasteiger charge is -2.22. The summed E-state index contributed by atoms with van der Waals surface area (Å²) >= 11 is 0. The van der Waals surface area contributed by atoms with Gasteiger partial charge < -0.3 is 14.7 Å². The van der Waals surface area contributed by atoms with Crippen LogP contribution in [0.1, 0.15) is 20.3 Å². The van der Waals surface area contributed by atoms with Gasteiger partial charge in [-0.2, -0.15) is 0 Å². The van der Waals surface area contributed by atoms with Crippen molar-refractivity contribution in [3.05, 3.63) is 0 Å². The zero-order valence-corrected chi connectivity index (χ0v) is 5.51. The van der Waals surface area contributed by atoms with Crippen molar-refractivity contribution in [1.82, 2.24) is 0 Å².